The Bertz CT molecular complexity index is 1160. The smallest absolute Gasteiger partial charge is 0.230 e. The lowest BCUT2D eigenvalue weighted by molar-refractivity contribution is -0.118. The first kappa shape index (κ1) is 20.9. The number of hydrogen-bond donors (Lipinski definition) is 1. The number of carbonyl (C=O) groups excluding carboxylic acids is 1. The van der Waals surface area contributed by atoms with Gasteiger partial charge in [-0.2, -0.15) is 0 Å². The van der Waals surface area contributed by atoms with Crippen LogP contribution in [0.2, 0.25) is 0 Å². The quantitative estimate of drug-likeness (QED) is 0.414. The molecular weight excluding hydrogens is 415 g/mol. The number of benzene rings is 2. The first-order chi connectivity index (χ1) is 15.1. The maximum atomic E-state index is 13.0. The number of aromatic nitrogens is 3. The molecule has 0 atom stereocenters. The van der Waals surface area contributed by atoms with Gasteiger partial charge in [0.25, 0.3) is 0 Å². The van der Waals surface area contributed by atoms with Crippen molar-refractivity contribution in [3.05, 3.63) is 89.6 Å². The molecule has 0 saturated carbocycles. The minimum Gasteiger partial charge on any atom is -0.469 e. The molecule has 6 nitrogen and oxygen atoms in total. The summed E-state index contributed by atoms with van der Waals surface area (Å²) in [5, 5.41) is 12.2. The SMILES string of the molecule is Cc1occc1-c1nnc(SCC(=O)NCc2ccc(F)cc2)n1Cc1ccccc1. The number of nitrogens with one attached hydrogen (secondary N) is 1. The lowest BCUT2D eigenvalue weighted by atomic mass is 10.2. The van der Waals surface area contributed by atoms with Crippen LogP contribution in [0.15, 0.2) is 76.5 Å². The molecular formula is C23H21FN4O2S. The molecule has 0 aliphatic rings. The molecule has 1 N–H and O–H groups in total. The number of hydrogen-bond acceptors (Lipinski definition) is 5. The van der Waals surface area contributed by atoms with Gasteiger partial charge in [-0.05, 0) is 36.2 Å². The molecule has 0 saturated heterocycles. The van der Waals surface area contributed by atoms with Gasteiger partial charge in [-0.1, -0.05) is 54.2 Å². The van der Waals surface area contributed by atoms with Crippen molar-refractivity contribution in [2.24, 2.45) is 0 Å². The summed E-state index contributed by atoms with van der Waals surface area (Å²) in [5.74, 6) is 1.22. The summed E-state index contributed by atoms with van der Waals surface area (Å²) in [6.07, 6.45) is 1.63. The monoisotopic (exact) mass is 436 g/mol. The van der Waals surface area contributed by atoms with E-state index in [1.807, 2.05) is 47.9 Å². The zero-order chi connectivity index (χ0) is 21.6. The maximum absolute atomic E-state index is 13.0. The molecule has 2 aromatic heterocycles. The van der Waals surface area contributed by atoms with Crippen LogP contribution in [-0.4, -0.2) is 26.4 Å². The van der Waals surface area contributed by atoms with Crippen molar-refractivity contribution in [1.29, 1.82) is 0 Å². The van der Waals surface area contributed by atoms with E-state index in [9.17, 15) is 9.18 Å². The van der Waals surface area contributed by atoms with Crippen molar-refractivity contribution in [2.75, 3.05) is 5.75 Å². The molecule has 0 radical (unpaired) electrons. The van der Waals surface area contributed by atoms with Gasteiger partial charge < -0.3 is 9.73 Å². The van der Waals surface area contributed by atoms with Gasteiger partial charge in [-0.3, -0.25) is 9.36 Å². The van der Waals surface area contributed by atoms with Gasteiger partial charge in [0.2, 0.25) is 5.91 Å². The molecule has 2 heterocycles. The Hall–Kier alpha value is -3.39. The Labute approximate surface area is 183 Å². The van der Waals surface area contributed by atoms with Gasteiger partial charge in [0, 0.05) is 6.54 Å². The summed E-state index contributed by atoms with van der Waals surface area (Å²) in [5.41, 5.74) is 2.81. The third-order valence-corrected chi connectivity index (χ3v) is 5.70. The predicted molar refractivity (Wildman–Crippen MR) is 117 cm³/mol. The van der Waals surface area contributed by atoms with E-state index < -0.39 is 0 Å². The molecule has 0 aliphatic carbocycles. The van der Waals surface area contributed by atoms with Crippen LogP contribution in [0.25, 0.3) is 11.4 Å². The minimum absolute atomic E-state index is 0.135. The molecule has 31 heavy (non-hydrogen) atoms. The number of halogens is 1. The Morgan fingerprint density at radius 1 is 1.06 bits per heavy atom. The number of amides is 1. The highest BCUT2D eigenvalue weighted by atomic mass is 32.2. The van der Waals surface area contributed by atoms with Crippen molar-refractivity contribution >= 4 is 17.7 Å². The Morgan fingerprint density at radius 3 is 2.55 bits per heavy atom. The summed E-state index contributed by atoms with van der Waals surface area (Å²) in [6, 6.07) is 17.9. The number of aryl methyl sites for hydroxylation is 1. The highest BCUT2D eigenvalue weighted by molar-refractivity contribution is 7.99. The first-order valence-electron chi connectivity index (χ1n) is 9.75. The second-order valence-corrected chi connectivity index (χ2v) is 7.90. The fourth-order valence-corrected chi connectivity index (χ4v) is 3.87. The number of thioether (sulfide) groups is 1. The number of rotatable bonds is 8. The predicted octanol–water partition coefficient (Wildman–Crippen LogP) is 4.44. The zero-order valence-electron chi connectivity index (χ0n) is 16.9. The van der Waals surface area contributed by atoms with E-state index >= 15 is 0 Å². The summed E-state index contributed by atoms with van der Waals surface area (Å²) < 4.78 is 20.4. The largest absolute Gasteiger partial charge is 0.469 e. The van der Waals surface area contributed by atoms with Crippen LogP contribution >= 0.6 is 11.8 Å². The van der Waals surface area contributed by atoms with E-state index in [0.717, 1.165) is 22.5 Å². The third kappa shape index (κ3) is 5.21. The number of carbonyl (C=O) groups is 1. The summed E-state index contributed by atoms with van der Waals surface area (Å²) in [4.78, 5) is 12.3. The lowest BCUT2D eigenvalue weighted by Gasteiger charge is -2.10. The number of nitrogens with zero attached hydrogens (tertiary/aromatic N) is 3. The Morgan fingerprint density at radius 2 is 1.84 bits per heavy atom. The standard InChI is InChI=1S/C23H21FN4O2S/c1-16-20(11-12-30-16)22-26-27-23(28(22)14-18-5-3-2-4-6-18)31-15-21(29)25-13-17-7-9-19(24)10-8-17/h2-12H,13-15H2,1H3,(H,25,29). The average Bonchev–Trinajstić information content (AvgIpc) is 3.38. The van der Waals surface area contributed by atoms with Gasteiger partial charge in [0.05, 0.1) is 24.1 Å². The summed E-state index contributed by atoms with van der Waals surface area (Å²) in [6.45, 7) is 2.80. The second kappa shape index (κ2) is 9.61. The van der Waals surface area contributed by atoms with Crippen LogP contribution in [0.4, 0.5) is 4.39 Å². The summed E-state index contributed by atoms with van der Waals surface area (Å²) in [7, 11) is 0. The fourth-order valence-electron chi connectivity index (χ4n) is 3.10. The molecule has 8 heteroatoms. The Kier molecular flexibility index (Phi) is 6.47. The van der Waals surface area contributed by atoms with Crippen LogP contribution in [0.1, 0.15) is 16.9 Å². The van der Waals surface area contributed by atoms with Gasteiger partial charge >= 0.3 is 0 Å². The van der Waals surface area contributed by atoms with Crippen molar-refractivity contribution in [3.8, 4) is 11.4 Å². The topological polar surface area (TPSA) is 72.9 Å². The zero-order valence-corrected chi connectivity index (χ0v) is 17.7. The molecule has 0 unspecified atom stereocenters. The molecule has 0 bridgehead atoms. The second-order valence-electron chi connectivity index (χ2n) is 6.96. The van der Waals surface area contributed by atoms with E-state index in [1.165, 1.54) is 23.9 Å². The number of furan rings is 1. The Balaban J connectivity index is 1.47. The molecule has 2 aromatic carbocycles. The lowest BCUT2D eigenvalue weighted by Crippen LogP contribution is -2.24. The molecule has 158 valence electrons. The van der Waals surface area contributed by atoms with Gasteiger partial charge in [0.15, 0.2) is 11.0 Å². The normalized spacial score (nSPS) is 10.9. The highest BCUT2D eigenvalue weighted by Crippen LogP contribution is 2.28. The molecule has 0 spiro atoms. The molecule has 0 aliphatic heterocycles. The molecule has 1 amide bonds. The van der Waals surface area contributed by atoms with Crippen molar-refractivity contribution in [2.45, 2.75) is 25.2 Å². The fraction of sp³-hybridized carbons (Fsp3) is 0.174. The van der Waals surface area contributed by atoms with E-state index in [1.54, 1.807) is 18.4 Å². The maximum Gasteiger partial charge on any atom is 0.230 e. The molecule has 4 aromatic rings. The molecule has 0 fully saturated rings. The van der Waals surface area contributed by atoms with Crippen LogP contribution in [0.3, 0.4) is 0 Å². The van der Waals surface area contributed by atoms with Gasteiger partial charge in [-0.15, -0.1) is 10.2 Å². The minimum atomic E-state index is -0.299. The van der Waals surface area contributed by atoms with E-state index in [4.69, 9.17) is 4.42 Å². The van der Waals surface area contributed by atoms with Gasteiger partial charge in [-0.25, -0.2) is 4.39 Å². The van der Waals surface area contributed by atoms with Crippen LogP contribution < -0.4 is 5.32 Å². The first-order valence-corrected chi connectivity index (χ1v) is 10.7. The van der Waals surface area contributed by atoms with Gasteiger partial charge in [0.1, 0.15) is 11.6 Å². The van der Waals surface area contributed by atoms with Crippen LogP contribution in [0.5, 0.6) is 0 Å². The van der Waals surface area contributed by atoms with E-state index in [0.29, 0.717) is 24.1 Å². The highest BCUT2D eigenvalue weighted by Gasteiger charge is 2.18. The van der Waals surface area contributed by atoms with Crippen molar-refractivity contribution < 1.29 is 13.6 Å². The average molecular weight is 437 g/mol. The molecule has 4 rings (SSSR count). The summed E-state index contributed by atoms with van der Waals surface area (Å²) >= 11 is 1.32. The van der Waals surface area contributed by atoms with Crippen LogP contribution in [0, 0.1) is 12.7 Å². The van der Waals surface area contributed by atoms with E-state index in [2.05, 4.69) is 15.5 Å². The van der Waals surface area contributed by atoms with E-state index in [-0.39, 0.29) is 17.5 Å². The third-order valence-electron chi connectivity index (χ3n) is 4.74. The van der Waals surface area contributed by atoms with Crippen molar-refractivity contribution in [3.63, 3.8) is 0 Å². The van der Waals surface area contributed by atoms with Crippen LogP contribution in [-0.2, 0) is 17.9 Å². The van der Waals surface area contributed by atoms with Crippen molar-refractivity contribution in [1.82, 2.24) is 20.1 Å².